The molecule has 6 nitrogen and oxygen atoms in total. The summed E-state index contributed by atoms with van der Waals surface area (Å²) < 4.78 is 4.96. The molecule has 2 fully saturated rings. The van der Waals surface area contributed by atoms with Crippen molar-refractivity contribution in [3.63, 3.8) is 0 Å². The average Bonchev–Trinajstić information content (AvgIpc) is 3.00. The van der Waals surface area contributed by atoms with Crippen molar-refractivity contribution in [1.29, 1.82) is 0 Å². The van der Waals surface area contributed by atoms with Gasteiger partial charge in [-0.15, -0.1) is 0 Å². The normalized spacial score (nSPS) is 19.9. The Balaban J connectivity index is 1.34. The van der Waals surface area contributed by atoms with Crippen LogP contribution >= 0.6 is 0 Å². The molecule has 4 rings (SSSR count). The summed E-state index contributed by atoms with van der Waals surface area (Å²) in [5.74, 6) is 0.513. The molecule has 0 saturated carbocycles. The van der Waals surface area contributed by atoms with E-state index < -0.39 is 0 Å². The van der Waals surface area contributed by atoms with Crippen LogP contribution in [0.4, 0.5) is 21.0 Å². The average molecular weight is 379 g/mol. The summed E-state index contributed by atoms with van der Waals surface area (Å²) in [6, 6.07) is 17.8. The summed E-state index contributed by atoms with van der Waals surface area (Å²) in [4.78, 5) is 27.8. The first-order valence-electron chi connectivity index (χ1n) is 9.86. The first kappa shape index (κ1) is 18.3. The van der Waals surface area contributed by atoms with Gasteiger partial charge in [-0.3, -0.25) is 4.90 Å². The number of hydrogen-bond acceptors (Lipinski definition) is 3. The van der Waals surface area contributed by atoms with Crippen LogP contribution < -0.4 is 10.2 Å². The molecule has 2 aromatic carbocycles. The third kappa shape index (κ3) is 4.11. The predicted molar refractivity (Wildman–Crippen MR) is 109 cm³/mol. The van der Waals surface area contributed by atoms with Crippen molar-refractivity contribution in [1.82, 2.24) is 4.90 Å². The number of likely N-dealkylation sites (tertiary alicyclic amines) is 1. The summed E-state index contributed by atoms with van der Waals surface area (Å²) in [6.45, 7) is 2.49. The minimum Gasteiger partial charge on any atom is -0.447 e. The van der Waals surface area contributed by atoms with Crippen LogP contribution in [-0.2, 0) is 4.74 Å². The zero-order valence-electron chi connectivity index (χ0n) is 15.8. The Bertz CT molecular complexity index is 823. The van der Waals surface area contributed by atoms with E-state index in [1.54, 1.807) is 4.90 Å². The van der Waals surface area contributed by atoms with Gasteiger partial charge in [-0.05, 0) is 55.0 Å². The van der Waals surface area contributed by atoms with Crippen LogP contribution in [0.3, 0.4) is 0 Å². The molecule has 0 radical (unpaired) electrons. The second kappa shape index (κ2) is 8.33. The van der Waals surface area contributed by atoms with E-state index in [-0.39, 0.29) is 12.1 Å². The van der Waals surface area contributed by atoms with Crippen molar-refractivity contribution in [2.24, 2.45) is 0 Å². The summed E-state index contributed by atoms with van der Waals surface area (Å²) in [7, 11) is 0. The van der Waals surface area contributed by atoms with Crippen LogP contribution in [0.5, 0.6) is 0 Å². The van der Waals surface area contributed by atoms with Crippen LogP contribution in [0.2, 0.25) is 0 Å². The van der Waals surface area contributed by atoms with Gasteiger partial charge in [-0.1, -0.05) is 30.3 Å². The number of carbonyl (C=O) groups is 2. The lowest BCUT2D eigenvalue weighted by molar-refractivity contribution is 0.181. The smallest absolute Gasteiger partial charge is 0.414 e. The Kier molecular flexibility index (Phi) is 5.46. The molecule has 2 aliphatic rings. The number of amides is 3. The monoisotopic (exact) mass is 379 g/mol. The second-order valence-corrected chi connectivity index (χ2v) is 7.27. The number of ether oxygens (including phenoxy) is 1. The maximum absolute atomic E-state index is 12.7. The lowest BCUT2D eigenvalue weighted by Gasteiger charge is -2.21. The molecular weight excluding hydrogens is 354 g/mol. The molecule has 1 unspecified atom stereocenters. The number of hydrogen-bond donors (Lipinski definition) is 1. The maximum Gasteiger partial charge on any atom is 0.414 e. The van der Waals surface area contributed by atoms with E-state index in [0.29, 0.717) is 19.1 Å². The van der Waals surface area contributed by atoms with Crippen molar-refractivity contribution < 1.29 is 14.3 Å². The summed E-state index contributed by atoms with van der Waals surface area (Å²) in [5.41, 5.74) is 2.87. The summed E-state index contributed by atoms with van der Waals surface area (Å²) in [5, 5.41) is 2.98. The van der Waals surface area contributed by atoms with Crippen LogP contribution in [0.25, 0.3) is 0 Å². The van der Waals surface area contributed by atoms with Gasteiger partial charge in [0.15, 0.2) is 0 Å². The molecule has 28 heavy (non-hydrogen) atoms. The molecule has 0 aromatic heterocycles. The highest BCUT2D eigenvalue weighted by molar-refractivity contribution is 5.91. The zero-order valence-corrected chi connectivity index (χ0v) is 15.8. The molecule has 0 bridgehead atoms. The topological polar surface area (TPSA) is 61.9 Å². The predicted octanol–water partition coefficient (Wildman–Crippen LogP) is 4.44. The minimum absolute atomic E-state index is 0.0676. The Morgan fingerprint density at radius 1 is 0.964 bits per heavy atom. The van der Waals surface area contributed by atoms with Crippen molar-refractivity contribution in [2.45, 2.75) is 25.2 Å². The third-order valence-corrected chi connectivity index (χ3v) is 5.48. The van der Waals surface area contributed by atoms with Gasteiger partial charge in [0.1, 0.15) is 6.61 Å². The van der Waals surface area contributed by atoms with Crippen molar-refractivity contribution >= 4 is 23.5 Å². The summed E-state index contributed by atoms with van der Waals surface area (Å²) >= 11 is 0. The van der Waals surface area contributed by atoms with E-state index in [4.69, 9.17) is 4.74 Å². The van der Waals surface area contributed by atoms with Crippen molar-refractivity contribution in [3.05, 3.63) is 60.2 Å². The quantitative estimate of drug-likeness (QED) is 0.857. The van der Waals surface area contributed by atoms with E-state index in [1.165, 1.54) is 5.56 Å². The van der Waals surface area contributed by atoms with Gasteiger partial charge in [0.05, 0.1) is 6.54 Å². The molecular formula is C22H25N3O3. The van der Waals surface area contributed by atoms with Gasteiger partial charge in [-0.25, -0.2) is 9.59 Å². The van der Waals surface area contributed by atoms with Gasteiger partial charge >= 0.3 is 12.1 Å². The number of carbonyl (C=O) groups excluding carboxylic acids is 2. The van der Waals surface area contributed by atoms with Crippen LogP contribution in [0, 0.1) is 0 Å². The van der Waals surface area contributed by atoms with Crippen LogP contribution in [0.1, 0.15) is 30.7 Å². The lowest BCUT2D eigenvalue weighted by Crippen LogP contribution is -2.35. The number of nitrogens with one attached hydrogen (secondary N) is 1. The third-order valence-electron chi connectivity index (χ3n) is 5.48. The SMILES string of the molecule is O=C(Nc1ccc(N2CCOC2=O)cc1)N1CCCC(c2ccccc2)CC1. The molecule has 2 aromatic rings. The largest absolute Gasteiger partial charge is 0.447 e. The van der Waals surface area contributed by atoms with Gasteiger partial charge in [0, 0.05) is 24.5 Å². The molecule has 0 spiro atoms. The molecule has 6 heteroatoms. The molecule has 3 amide bonds. The molecule has 146 valence electrons. The Labute approximate surface area is 165 Å². The van der Waals surface area contributed by atoms with Crippen molar-refractivity contribution in [3.8, 4) is 0 Å². The highest BCUT2D eigenvalue weighted by atomic mass is 16.6. The van der Waals surface area contributed by atoms with E-state index >= 15 is 0 Å². The number of rotatable bonds is 3. The minimum atomic E-state index is -0.325. The van der Waals surface area contributed by atoms with Crippen LogP contribution in [0.15, 0.2) is 54.6 Å². The molecule has 2 saturated heterocycles. The summed E-state index contributed by atoms with van der Waals surface area (Å²) in [6.07, 6.45) is 2.76. The Morgan fingerprint density at radius 3 is 2.46 bits per heavy atom. The van der Waals surface area contributed by atoms with Crippen LogP contribution in [-0.4, -0.2) is 43.3 Å². The molecule has 1 N–H and O–H groups in total. The molecule has 0 aliphatic carbocycles. The number of urea groups is 1. The first-order valence-corrected chi connectivity index (χ1v) is 9.86. The van der Waals surface area contributed by atoms with Crippen molar-refractivity contribution in [2.75, 3.05) is 36.5 Å². The van der Waals surface area contributed by atoms with E-state index in [9.17, 15) is 9.59 Å². The zero-order chi connectivity index (χ0) is 19.3. The second-order valence-electron chi connectivity index (χ2n) is 7.27. The van der Waals surface area contributed by atoms with E-state index in [1.807, 2.05) is 35.2 Å². The molecule has 2 heterocycles. The number of nitrogens with zero attached hydrogens (tertiary/aromatic N) is 2. The van der Waals surface area contributed by atoms with Gasteiger partial charge in [0.25, 0.3) is 0 Å². The fraction of sp³-hybridized carbons (Fsp3) is 0.364. The fourth-order valence-electron chi connectivity index (χ4n) is 3.91. The fourth-order valence-corrected chi connectivity index (χ4v) is 3.91. The van der Waals surface area contributed by atoms with Gasteiger partial charge < -0.3 is 15.0 Å². The number of anilines is 2. The van der Waals surface area contributed by atoms with E-state index in [2.05, 4.69) is 29.6 Å². The lowest BCUT2D eigenvalue weighted by atomic mass is 9.92. The Morgan fingerprint density at radius 2 is 1.75 bits per heavy atom. The number of benzene rings is 2. The standard InChI is InChI=1S/C22H25N3O3/c26-21(23-19-8-10-20(11-9-19)25-15-16-28-22(25)27)24-13-4-7-18(12-14-24)17-5-2-1-3-6-17/h1-3,5-6,8-11,18H,4,7,12-16H2,(H,23,26). The maximum atomic E-state index is 12.7. The molecule has 2 aliphatic heterocycles. The first-order chi connectivity index (χ1) is 13.7. The molecule has 1 atom stereocenters. The Hall–Kier alpha value is -3.02. The highest BCUT2D eigenvalue weighted by Gasteiger charge is 2.24. The highest BCUT2D eigenvalue weighted by Crippen LogP contribution is 2.28. The number of cyclic esters (lactones) is 1. The van der Waals surface area contributed by atoms with E-state index in [0.717, 1.165) is 43.7 Å². The van der Waals surface area contributed by atoms with Gasteiger partial charge in [-0.2, -0.15) is 0 Å². The van der Waals surface area contributed by atoms with Gasteiger partial charge in [0.2, 0.25) is 0 Å².